The zero-order valence-corrected chi connectivity index (χ0v) is 10.1. The van der Waals surface area contributed by atoms with Gasteiger partial charge >= 0.3 is 0 Å². The molecule has 0 spiro atoms. The van der Waals surface area contributed by atoms with Crippen molar-refractivity contribution in [3.05, 3.63) is 0 Å². The van der Waals surface area contributed by atoms with E-state index >= 15 is 0 Å². The zero-order valence-electron chi connectivity index (χ0n) is 10.1. The van der Waals surface area contributed by atoms with Gasteiger partial charge in [0.2, 0.25) is 0 Å². The molecular weight excluding hydrogens is 172 g/mol. The summed E-state index contributed by atoms with van der Waals surface area (Å²) >= 11 is 0. The second-order valence-corrected chi connectivity index (χ2v) is 4.42. The van der Waals surface area contributed by atoms with Crippen LogP contribution in [0.25, 0.3) is 0 Å². The first-order valence-corrected chi connectivity index (χ1v) is 5.69. The number of hydrogen-bond acceptors (Lipinski definition) is 1. The summed E-state index contributed by atoms with van der Waals surface area (Å²) in [6.45, 7) is 10.2. The van der Waals surface area contributed by atoms with Crippen molar-refractivity contribution in [2.75, 3.05) is 13.2 Å². The van der Waals surface area contributed by atoms with E-state index in [-0.39, 0.29) is 0 Å². The van der Waals surface area contributed by atoms with E-state index in [0.717, 1.165) is 12.5 Å². The normalized spacial score (nSPS) is 10.4. The van der Waals surface area contributed by atoms with E-state index in [1.807, 2.05) is 0 Å². The van der Waals surface area contributed by atoms with Gasteiger partial charge in [-0.2, -0.15) is 0 Å². The van der Waals surface area contributed by atoms with Gasteiger partial charge in [-0.25, -0.2) is 0 Å². The molecule has 0 fully saturated rings. The molecule has 0 bridgehead atoms. The van der Waals surface area contributed by atoms with Crippen molar-refractivity contribution < 1.29 is 4.74 Å². The topological polar surface area (TPSA) is 9.23 Å². The lowest BCUT2D eigenvalue weighted by atomic mass is 10.1. The molecule has 0 saturated heterocycles. The molecule has 0 aromatic rings. The molecule has 0 unspecified atom stereocenters. The van der Waals surface area contributed by atoms with E-state index in [1.54, 1.807) is 0 Å². The van der Waals surface area contributed by atoms with Gasteiger partial charge in [0, 0.05) is 12.5 Å². The fourth-order valence-corrected chi connectivity index (χ4v) is 1.13. The van der Waals surface area contributed by atoms with Crippen LogP contribution in [0.3, 0.4) is 0 Å². The summed E-state index contributed by atoms with van der Waals surface area (Å²) < 4.78 is 5.39. The second-order valence-electron chi connectivity index (χ2n) is 4.42. The van der Waals surface area contributed by atoms with Crippen molar-refractivity contribution >= 4 is 0 Å². The minimum absolute atomic E-state index is 0.458. The van der Waals surface area contributed by atoms with Crippen molar-refractivity contribution in [3.8, 4) is 11.8 Å². The first kappa shape index (κ1) is 13.5. The van der Waals surface area contributed by atoms with Crippen molar-refractivity contribution in [2.24, 2.45) is 11.8 Å². The Bertz CT molecular complexity index is 171. The van der Waals surface area contributed by atoms with Crippen LogP contribution in [0.1, 0.15) is 47.0 Å². The van der Waals surface area contributed by atoms with Crippen LogP contribution in [0.2, 0.25) is 0 Å². The SMILES string of the molecule is CC(C)C#CCOCCCCC(C)C. The second kappa shape index (κ2) is 9.09. The Kier molecular flexibility index (Phi) is 8.78. The van der Waals surface area contributed by atoms with Crippen LogP contribution in [-0.2, 0) is 4.74 Å². The molecule has 0 aromatic heterocycles. The highest BCUT2D eigenvalue weighted by atomic mass is 16.5. The summed E-state index contributed by atoms with van der Waals surface area (Å²) in [6, 6.07) is 0. The Morgan fingerprint density at radius 3 is 2.36 bits per heavy atom. The first-order valence-electron chi connectivity index (χ1n) is 5.69. The van der Waals surface area contributed by atoms with Crippen LogP contribution in [0.15, 0.2) is 0 Å². The lowest BCUT2D eigenvalue weighted by Gasteiger charge is -2.03. The van der Waals surface area contributed by atoms with Gasteiger partial charge < -0.3 is 4.74 Å². The number of unbranched alkanes of at least 4 members (excludes halogenated alkanes) is 1. The average molecular weight is 196 g/mol. The summed E-state index contributed by atoms with van der Waals surface area (Å²) in [4.78, 5) is 0. The number of rotatable bonds is 6. The minimum atomic E-state index is 0.458. The summed E-state index contributed by atoms with van der Waals surface area (Å²) in [5.41, 5.74) is 0. The minimum Gasteiger partial charge on any atom is -0.369 e. The Morgan fingerprint density at radius 1 is 1.07 bits per heavy atom. The van der Waals surface area contributed by atoms with E-state index in [4.69, 9.17) is 4.74 Å². The van der Waals surface area contributed by atoms with Gasteiger partial charge in [-0.15, -0.1) is 0 Å². The molecule has 1 heteroatoms. The number of ether oxygens (including phenoxy) is 1. The highest BCUT2D eigenvalue weighted by Gasteiger charge is 1.93. The average Bonchev–Trinajstić information content (AvgIpc) is 2.08. The molecule has 0 aliphatic rings. The monoisotopic (exact) mass is 196 g/mol. The van der Waals surface area contributed by atoms with Crippen LogP contribution in [0, 0.1) is 23.7 Å². The fourth-order valence-electron chi connectivity index (χ4n) is 1.13. The van der Waals surface area contributed by atoms with Gasteiger partial charge in [0.1, 0.15) is 6.61 Å². The molecule has 0 aromatic carbocycles. The maximum Gasteiger partial charge on any atom is 0.107 e. The Hall–Kier alpha value is -0.480. The third kappa shape index (κ3) is 11.5. The lowest BCUT2D eigenvalue weighted by molar-refractivity contribution is 0.161. The molecule has 0 amide bonds. The molecule has 0 radical (unpaired) electrons. The van der Waals surface area contributed by atoms with Gasteiger partial charge in [-0.1, -0.05) is 52.4 Å². The third-order valence-corrected chi connectivity index (χ3v) is 1.89. The molecule has 0 N–H and O–H groups in total. The van der Waals surface area contributed by atoms with Gasteiger partial charge in [0.25, 0.3) is 0 Å². The molecule has 14 heavy (non-hydrogen) atoms. The smallest absolute Gasteiger partial charge is 0.107 e. The van der Waals surface area contributed by atoms with Crippen LogP contribution in [-0.4, -0.2) is 13.2 Å². The number of hydrogen-bond donors (Lipinski definition) is 0. The van der Waals surface area contributed by atoms with E-state index in [9.17, 15) is 0 Å². The molecule has 1 nitrogen and oxygen atoms in total. The lowest BCUT2D eigenvalue weighted by Crippen LogP contribution is -1.96. The van der Waals surface area contributed by atoms with Gasteiger partial charge in [-0.3, -0.25) is 0 Å². The van der Waals surface area contributed by atoms with E-state index in [1.165, 1.54) is 19.3 Å². The van der Waals surface area contributed by atoms with Gasteiger partial charge in [-0.05, 0) is 12.3 Å². The molecule has 0 heterocycles. The maximum atomic E-state index is 5.39. The summed E-state index contributed by atoms with van der Waals surface area (Å²) in [5.74, 6) is 7.37. The first-order chi connectivity index (χ1) is 6.63. The Balaban J connectivity index is 3.11. The Labute approximate surface area is 89.2 Å². The fraction of sp³-hybridized carbons (Fsp3) is 0.846. The largest absolute Gasteiger partial charge is 0.369 e. The van der Waals surface area contributed by atoms with Crippen LogP contribution in [0.4, 0.5) is 0 Å². The molecule has 0 aliphatic carbocycles. The van der Waals surface area contributed by atoms with Crippen LogP contribution in [0.5, 0.6) is 0 Å². The summed E-state index contributed by atoms with van der Waals surface area (Å²) in [6.07, 6.45) is 3.75. The van der Waals surface area contributed by atoms with E-state index < -0.39 is 0 Å². The molecule has 0 rings (SSSR count). The highest BCUT2D eigenvalue weighted by Crippen LogP contribution is 2.05. The predicted molar refractivity (Wildman–Crippen MR) is 62.1 cm³/mol. The standard InChI is InChI=1S/C13H24O/c1-12(2)8-5-6-10-14-11-7-9-13(3)4/h12-13H,5-6,8,10-11H2,1-4H3. The Morgan fingerprint density at radius 2 is 1.79 bits per heavy atom. The van der Waals surface area contributed by atoms with E-state index in [2.05, 4.69) is 39.5 Å². The molecule has 0 aliphatic heterocycles. The summed E-state index contributed by atoms with van der Waals surface area (Å²) in [5, 5.41) is 0. The van der Waals surface area contributed by atoms with Gasteiger partial charge in [0.15, 0.2) is 0 Å². The van der Waals surface area contributed by atoms with Crippen LogP contribution < -0.4 is 0 Å². The van der Waals surface area contributed by atoms with Crippen molar-refractivity contribution in [1.29, 1.82) is 0 Å². The van der Waals surface area contributed by atoms with Crippen molar-refractivity contribution in [1.82, 2.24) is 0 Å². The van der Waals surface area contributed by atoms with Crippen LogP contribution >= 0.6 is 0 Å². The molecule has 82 valence electrons. The molecule has 0 saturated carbocycles. The van der Waals surface area contributed by atoms with Crippen molar-refractivity contribution in [3.63, 3.8) is 0 Å². The van der Waals surface area contributed by atoms with E-state index in [0.29, 0.717) is 12.5 Å². The third-order valence-electron chi connectivity index (χ3n) is 1.89. The molecular formula is C13H24O. The molecule has 0 atom stereocenters. The van der Waals surface area contributed by atoms with Gasteiger partial charge in [0.05, 0.1) is 0 Å². The highest BCUT2D eigenvalue weighted by molar-refractivity contribution is 5.01. The predicted octanol–water partition coefficient (Wildman–Crippen LogP) is 3.49. The summed E-state index contributed by atoms with van der Waals surface area (Å²) in [7, 11) is 0. The maximum absolute atomic E-state index is 5.39. The zero-order chi connectivity index (χ0) is 10.8. The van der Waals surface area contributed by atoms with Crippen molar-refractivity contribution in [2.45, 2.75) is 47.0 Å². The quantitative estimate of drug-likeness (QED) is 0.467.